The maximum Gasteiger partial charge on any atom is 0.269 e. The van der Waals surface area contributed by atoms with Crippen LogP contribution in [0.5, 0.6) is 0 Å². The van der Waals surface area contributed by atoms with E-state index in [-0.39, 0.29) is 5.91 Å². The highest BCUT2D eigenvalue weighted by molar-refractivity contribution is 8.19. The van der Waals surface area contributed by atoms with Gasteiger partial charge in [-0.25, -0.2) is 4.99 Å². The van der Waals surface area contributed by atoms with Crippen molar-refractivity contribution in [3.63, 3.8) is 0 Å². The molecular weight excluding hydrogens is 498 g/mol. The standard InChI is InChI=1S/C29H27N5OS2/c1-5-31-22-12-11-21(16-30)15-23(22)32-29-34(17-20-9-7-6-8-10-20)27(35)26(37-29)28-33(4)24-13-18(2)19(3)14-25(24)36-28/h6-15,31H,5,17H2,1-4H3/b28-26-,32-29?. The third-order valence-electron chi connectivity index (χ3n) is 6.40. The second-order valence-electron chi connectivity index (χ2n) is 8.95. The quantitative estimate of drug-likeness (QED) is 0.370. The lowest BCUT2D eigenvalue weighted by molar-refractivity contribution is -0.122. The molecule has 0 aliphatic carbocycles. The van der Waals surface area contributed by atoms with Crippen LogP contribution >= 0.6 is 23.5 Å². The van der Waals surface area contributed by atoms with Crippen molar-refractivity contribution in [3.05, 3.63) is 92.9 Å². The van der Waals surface area contributed by atoms with Crippen molar-refractivity contribution >= 4 is 51.7 Å². The first-order valence-corrected chi connectivity index (χ1v) is 13.7. The Labute approximate surface area is 226 Å². The zero-order chi connectivity index (χ0) is 26.1. The van der Waals surface area contributed by atoms with E-state index in [1.54, 1.807) is 28.8 Å². The summed E-state index contributed by atoms with van der Waals surface area (Å²) in [5.41, 5.74) is 6.59. The summed E-state index contributed by atoms with van der Waals surface area (Å²) < 4.78 is 0. The molecule has 0 unspecified atom stereocenters. The molecule has 1 N–H and O–H groups in total. The predicted molar refractivity (Wildman–Crippen MR) is 154 cm³/mol. The molecule has 0 radical (unpaired) electrons. The molecule has 3 aromatic rings. The number of amidine groups is 1. The molecule has 2 aliphatic heterocycles. The molecule has 0 bridgehead atoms. The van der Waals surface area contributed by atoms with Gasteiger partial charge in [0.2, 0.25) is 0 Å². The van der Waals surface area contributed by atoms with Crippen molar-refractivity contribution in [2.45, 2.75) is 32.2 Å². The number of benzene rings is 3. The fourth-order valence-corrected chi connectivity index (χ4v) is 6.67. The van der Waals surface area contributed by atoms with Gasteiger partial charge in [0.15, 0.2) is 5.17 Å². The number of aryl methyl sites for hydroxylation is 2. The molecule has 5 rings (SSSR count). The summed E-state index contributed by atoms with van der Waals surface area (Å²) in [6.07, 6.45) is 0. The van der Waals surface area contributed by atoms with Crippen molar-refractivity contribution < 1.29 is 4.79 Å². The summed E-state index contributed by atoms with van der Waals surface area (Å²) in [6, 6.07) is 21.9. The highest BCUT2D eigenvalue weighted by Crippen LogP contribution is 2.51. The summed E-state index contributed by atoms with van der Waals surface area (Å²) >= 11 is 3.02. The van der Waals surface area contributed by atoms with Crippen LogP contribution in [0.3, 0.4) is 0 Å². The molecule has 0 aromatic heterocycles. The Morgan fingerprint density at radius 3 is 2.51 bits per heavy atom. The number of carbonyl (C=O) groups excluding carboxylic acids is 1. The summed E-state index contributed by atoms with van der Waals surface area (Å²) in [5.74, 6) is -0.0651. The molecule has 6 nitrogen and oxygen atoms in total. The fraction of sp³-hybridized carbons (Fsp3) is 0.207. The Hall–Kier alpha value is -3.67. The predicted octanol–water partition coefficient (Wildman–Crippen LogP) is 6.78. The van der Waals surface area contributed by atoms with Gasteiger partial charge in [-0.3, -0.25) is 9.69 Å². The molecule has 2 aliphatic rings. The zero-order valence-electron chi connectivity index (χ0n) is 21.2. The largest absolute Gasteiger partial charge is 0.384 e. The molecular formula is C29H27N5OS2. The molecule has 3 aromatic carbocycles. The van der Waals surface area contributed by atoms with E-state index in [0.717, 1.165) is 33.4 Å². The Kier molecular flexibility index (Phi) is 7.00. The second-order valence-corrected chi connectivity index (χ2v) is 11.0. The Bertz CT molecular complexity index is 1490. The maximum atomic E-state index is 13.9. The van der Waals surface area contributed by atoms with Gasteiger partial charge in [0, 0.05) is 18.5 Å². The van der Waals surface area contributed by atoms with Gasteiger partial charge in [-0.05, 0) is 79.6 Å². The Morgan fingerprint density at radius 1 is 1.03 bits per heavy atom. The fourth-order valence-electron chi connectivity index (χ4n) is 4.26. The number of nitrogens with one attached hydrogen (secondary N) is 1. The van der Waals surface area contributed by atoms with Crippen molar-refractivity contribution in [3.8, 4) is 6.07 Å². The lowest BCUT2D eigenvalue weighted by atomic mass is 10.1. The van der Waals surface area contributed by atoms with Gasteiger partial charge in [-0.15, -0.1) is 0 Å². The van der Waals surface area contributed by atoms with Gasteiger partial charge >= 0.3 is 0 Å². The third kappa shape index (κ3) is 4.85. The van der Waals surface area contributed by atoms with Crippen molar-refractivity contribution in [2.75, 3.05) is 23.8 Å². The van der Waals surface area contributed by atoms with Gasteiger partial charge in [0.05, 0.1) is 40.3 Å². The normalized spacial score (nSPS) is 17.9. The smallest absolute Gasteiger partial charge is 0.269 e. The van der Waals surface area contributed by atoms with E-state index >= 15 is 0 Å². The van der Waals surface area contributed by atoms with E-state index in [4.69, 9.17) is 4.99 Å². The number of amides is 1. The first-order chi connectivity index (χ1) is 17.9. The molecule has 0 saturated carbocycles. The average molecular weight is 526 g/mol. The van der Waals surface area contributed by atoms with E-state index < -0.39 is 0 Å². The highest BCUT2D eigenvalue weighted by atomic mass is 32.2. The van der Waals surface area contributed by atoms with Crippen LogP contribution in [0.4, 0.5) is 17.1 Å². The summed E-state index contributed by atoms with van der Waals surface area (Å²) in [6.45, 7) is 7.37. The van der Waals surface area contributed by atoms with Crippen LogP contribution in [0.15, 0.2) is 80.5 Å². The van der Waals surface area contributed by atoms with Crippen molar-refractivity contribution in [1.82, 2.24) is 4.90 Å². The molecule has 2 heterocycles. The number of carbonyl (C=O) groups is 1. The maximum absolute atomic E-state index is 13.9. The third-order valence-corrected chi connectivity index (χ3v) is 8.81. The molecule has 37 heavy (non-hydrogen) atoms. The van der Waals surface area contributed by atoms with E-state index in [1.807, 2.05) is 50.4 Å². The lowest BCUT2D eigenvalue weighted by Crippen LogP contribution is -2.29. The van der Waals surface area contributed by atoms with Crippen molar-refractivity contribution in [1.29, 1.82) is 5.26 Å². The molecule has 1 saturated heterocycles. The van der Waals surface area contributed by atoms with E-state index in [9.17, 15) is 10.1 Å². The van der Waals surface area contributed by atoms with Crippen molar-refractivity contribution in [2.24, 2.45) is 4.99 Å². The van der Waals surface area contributed by atoms with Gasteiger partial charge in [-0.2, -0.15) is 5.26 Å². The minimum Gasteiger partial charge on any atom is -0.384 e. The van der Waals surface area contributed by atoms with Crippen LogP contribution in [0.1, 0.15) is 29.2 Å². The number of nitriles is 1. The number of hydrogen-bond acceptors (Lipinski definition) is 7. The van der Waals surface area contributed by atoms with Crippen LogP contribution in [0.25, 0.3) is 0 Å². The molecule has 1 amide bonds. The lowest BCUT2D eigenvalue weighted by Gasteiger charge is -2.17. The summed E-state index contributed by atoms with van der Waals surface area (Å²) in [5, 5.41) is 14.3. The molecule has 8 heteroatoms. The van der Waals surface area contributed by atoms with Gasteiger partial charge in [0.25, 0.3) is 5.91 Å². The van der Waals surface area contributed by atoms with E-state index in [0.29, 0.717) is 27.9 Å². The average Bonchev–Trinajstić information content (AvgIpc) is 3.37. The molecule has 0 spiro atoms. The van der Waals surface area contributed by atoms with Gasteiger partial charge in [0.1, 0.15) is 4.91 Å². The minimum atomic E-state index is -0.0651. The minimum absolute atomic E-state index is 0.0651. The number of aliphatic imine (C=N–C) groups is 1. The van der Waals surface area contributed by atoms with E-state index in [2.05, 4.69) is 42.3 Å². The number of hydrogen-bond donors (Lipinski definition) is 1. The van der Waals surface area contributed by atoms with Crippen LogP contribution < -0.4 is 10.2 Å². The van der Waals surface area contributed by atoms with Crippen LogP contribution in [-0.4, -0.2) is 29.6 Å². The zero-order valence-corrected chi connectivity index (χ0v) is 22.8. The number of anilines is 2. The molecule has 0 atom stereocenters. The topological polar surface area (TPSA) is 71.7 Å². The van der Waals surface area contributed by atoms with Gasteiger partial charge < -0.3 is 10.2 Å². The first-order valence-electron chi connectivity index (χ1n) is 12.1. The molecule has 186 valence electrons. The van der Waals surface area contributed by atoms with Gasteiger partial charge in [-0.1, -0.05) is 42.1 Å². The van der Waals surface area contributed by atoms with E-state index in [1.165, 1.54) is 22.9 Å². The monoisotopic (exact) mass is 525 g/mol. The Balaban J connectivity index is 1.60. The Morgan fingerprint density at radius 2 is 1.78 bits per heavy atom. The number of rotatable bonds is 5. The SMILES string of the molecule is CCNc1ccc(C#N)cc1N=C1S/C(=C2\Sc3cc(C)c(C)cc3N2C)C(=O)N1Cc1ccccc1. The highest BCUT2D eigenvalue weighted by Gasteiger charge is 2.39. The summed E-state index contributed by atoms with van der Waals surface area (Å²) in [7, 11) is 2.01. The summed E-state index contributed by atoms with van der Waals surface area (Å²) in [4.78, 5) is 24.5. The number of fused-ring (bicyclic) bond motifs is 1. The molecule has 1 fully saturated rings. The van der Waals surface area contributed by atoms with Crippen LogP contribution in [0, 0.1) is 25.2 Å². The number of nitrogens with zero attached hydrogens (tertiary/aromatic N) is 4. The number of thioether (sulfide) groups is 2. The second kappa shape index (κ2) is 10.4. The van der Waals surface area contributed by atoms with Crippen LogP contribution in [0.2, 0.25) is 0 Å². The van der Waals surface area contributed by atoms with Crippen LogP contribution in [-0.2, 0) is 11.3 Å². The first kappa shape index (κ1) is 25.0.